The van der Waals surface area contributed by atoms with Crippen molar-refractivity contribution in [3.05, 3.63) is 41.5 Å². The van der Waals surface area contributed by atoms with E-state index < -0.39 is 0 Å². The molecule has 1 N–H and O–H groups in total. The highest BCUT2D eigenvalue weighted by Gasteiger charge is 2.25. The number of hydrogen-bond donors (Lipinski definition) is 1. The maximum atomic E-state index is 14.2. The van der Waals surface area contributed by atoms with E-state index in [1.165, 1.54) is 6.07 Å². The van der Waals surface area contributed by atoms with Gasteiger partial charge in [-0.25, -0.2) is 9.07 Å². The minimum Gasteiger partial charge on any atom is -0.354 e. The number of aryl methyl sites for hydroxylation is 2. The van der Waals surface area contributed by atoms with E-state index in [-0.39, 0.29) is 24.2 Å². The van der Waals surface area contributed by atoms with Crippen LogP contribution in [0.25, 0.3) is 0 Å². The third-order valence-electron chi connectivity index (χ3n) is 4.60. The first kappa shape index (κ1) is 17.5. The van der Waals surface area contributed by atoms with Crippen molar-refractivity contribution in [1.82, 2.24) is 30.4 Å². The highest BCUT2D eigenvalue weighted by atomic mass is 19.1. The van der Waals surface area contributed by atoms with Crippen LogP contribution in [0.2, 0.25) is 0 Å². The number of halogens is 1. The van der Waals surface area contributed by atoms with Crippen molar-refractivity contribution in [1.29, 1.82) is 0 Å². The quantitative estimate of drug-likeness (QED) is 0.821. The Labute approximate surface area is 146 Å². The number of carbonyl (C=O) groups excluding carboxylic acids is 1. The minimum atomic E-state index is -0.224. The van der Waals surface area contributed by atoms with Gasteiger partial charge >= 0.3 is 0 Å². The summed E-state index contributed by atoms with van der Waals surface area (Å²) in [7, 11) is 0. The van der Waals surface area contributed by atoms with Gasteiger partial charge < -0.3 is 5.32 Å². The molecule has 7 nitrogen and oxygen atoms in total. The Bertz CT molecular complexity index is 713. The summed E-state index contributed by atoms with van der Waals surface area (Å²) in [5, 5.41) is 14.1. The Morgan fingerprint density at radius 3 is 2.76 bits per heavy atom. The Morgan fingerprint density at radius 1 is 1.32 bits per heavy atom. The van der Waals surface area contributed by atoms with Crippen molar-refractivity contribution in [3.63, 3.8) is 0 Å². The van der Waals surface area contributed by atoms with E-state index in [4.69, 9.17) is 0 Å². The highest BCUT2D eigenvalue weighted by Crippen LogP contribution is 2.26. The fraction of sp³-hybridized carbons (Fsp3) is 0.529. The molecule has 1 aliphatic rings. The summed E-state index contributed by atoms with van der Waals surface area (Å²) in [6, 6.07) is 6.66. The first-order valence-corrected chi connectivity index (χ1v) is 8.63. The lowest BCUT2D eigenvalue weighted by Crippen LogP contribution is -2.37. The molecule has 0 unspecified atom stereocenters. The van der Waals surface area contributed by atoms with E-state index in [2.05, 4.69) is 25.7 Å². The fourth-order valence-corrected chi connectivity index (χ4v) is 3.20. The average Bonchev–Trinajstić information content (AvgIpc) is 3.27. The molecule has 2 heterocycles. The average molecular weight is 346 g/mol. The summed E-state index contributed by atoms with van der Waals surface area (Å²) in [6.45, 7) is 4.48. The van der Waals surface area contributed by atoms with Crippen LogP contribution in [-0.2, 0) is 11.3 Å². The number of benzene rings is 1. The highest BCUT2D eigenvalue weighted by molar-refractivity contribution is 5.75. The molecular formula is C17H23FN6O. The van der Waals surface area contributed by atoms with Crippen molar-refractivity contribution in [2.24, 2.45) is 0 Å². The van der Waals surface area contributed by atoms with Crippen LogP contribution in [0.1, 0.15) is 36.7 Å². The molecule has 1 atom stereocenters. The SMILES string of the molecule is Cc1nnnn1CCC(=O)NC[C@@H](c1ccccc1F)N1CCCC1. The number of rotatable bonds is 7. The van der Waals surface area contributed by atoms with Crippen molar-refractivity contribution >= 4 is 5.91 Å². The predicted octanol–water partition coefficient (Wildman–Crippen LogP) is 1.46. The van der Waals surface area contributed by atoms with Gasteiger partial charge in [0.15, 0.2) is 0 Å². The lowest BCUT2D eigenvalue weighted by Gasteiger charge is -2.28. The molecule has 0 spiro atoms. The molecule has 1 aromatic carbocycles. The van der Waals surface area contributed by atoms with Crippen molar-refractivity contribution in [2.45, 2.75) is 38.8 Å². The van der Waals surface area contributed by atoms with E-state index >= 15 is 0 Å². The molecule has 1 fully saturated rings. The van der Waals surface area contributed by atoms with Crippen LogP contribution in [-0.4, -0.2) is 50.6 Å². The second kappa shape index (κ2) is 8.15. The van der Waals surface area contributed by atoms with Crippen LogP contribution < -0.4 is 5.32 Å². The van der Waals surface area contributed by atoms with Gasteiger partial charge in [-0.3, -0.25) is 9.69 Å². The molecule has 134 valence electrons. The smallest absolute Gasteiger partial charge is 0.221 e. The number of hydrogen-bond acceptors (Lipinski definition) is 5. The van der Waals surface area contributed by atoms with E-state index in [9.17, 15) is 9.18 Å². The maximum Gasteiger partial charge on any atom is 0.221 e. The number of amides is 1. The molecule has 1 amide bonds. The first-order chi connectivity index (χ1) is 12.1. The molecule has 1 aliphatic heterocycles. The third kappa shape index (κ3) is 4.39. The Hall–Kier alpha value is -2.35. The van der Waals surface area contributed by atoms with Gasteiger partial charge in [0.05, 0.1) is 12.6 Å². The normalized spacial score (nSPS) is 16.1. The Morgan fingerprint density at radius 2 is 2.08 bits per heavy atom. The van der Waals surface area contributed by atoms with E-state index in [1.807, 2.05) is 6.07 Å². The molecule has 0 bridgehead atoms. The zero-order chi connectivity index (χ0) is 17.6. The van der Waals surface area contributed by atoms with Crippen molar-refractivity contribution in [2.75, 3.05) is 19.6 Å². The van der Waals surface area contributed by atoms with E-state index in [1.54, 1.807) is 23.7 Å². The summed E-state index contributed by atoms with van der Waals surface area (Å²) in [5.74, 6) is 0.363. The van der Waals surface area contributed by atoms with Gasteiger partial charge in [-0.05, 0) is 49.3 Å². The zero-order valence-corrected chi connectivity index (χ0v) is 14.4. The van der Waals surface area contributed by atoms with Crippen LogP contribution in [0.4, 0.5) is 4.39 Å². The van der Waals surface area contributed by atoms with E-state index in [0.717, 1.165) is 25.9 Å². The molecule has 25 heavy (non-hydrogen) atoms. The largest absolute Gasteiger partial charge is 0.354 e. The Balaban J connectivity index is 1.59. The van der Waals surface area contributed by atoms with Crippen LogP contribution in [0, 0.1) is 12.7 Å². The summed E-state index contributed by atoms with van der Waals surface area (Å²) in [6.07, 6.45) is 2.50. The second-order valence-electron chi connectivity index (χ2n) is 6.28. The number of nitrogens with one attached hydrogen (secondary N) is 1. The summed E-state index contributed by atoms with van der Waals surface area (Å²) < 4.78 is 15.8. The monoisotopic (exact) mass is 346 g/mol. The molecule has 0 radical (unpaired) electrons. The van der Waals surface area contributed by atoms with Crippen molar-refractivity contribution in [3.8, 4) is 0 Å². The number of carbonyl (C=O) groups is 1. The van der Waals surface area contributed by atoms with Gasteiger partial charge in [-0.1, -0.05) is 18.2 Å². The molecule has 0 aliphatic carbocycles. The summed E-state index contributed by atoms with van der Waals surface area (Å²) in [5.41, 5.74) is 0.640. The van der Waals surface area contributed by atoms with Gasteiger partial charge in [0.2, 0.25) is 5.91 Å². The number of nitrogens with zero attached hydrogens (tertiary/aromatic N) is 5. The van der Waals surface area contributed by atoms with Crippen LogP contribution in [0.5, 0.6) is 0 Å². The molecule has 1 aromatic heterocycles. The second-order valence-corrected chi connectivity index (χ2v) is 6.28. The summed E-state index contributed by atoms with van der Waals surface area (Å²) in [4.78, 5) is 14.4. The molecule has 1 saturated heterocycles. The lowest BCUT2D eigenvalue weighted by molar-refractivity contribution is -0.121. The van der Waals surface area contributed by atoms with Crippen LogP contribution >= 0.6 is 0 Å². The fourth-order valence-electron chi connectivity index (χ4n) is 3.20. The topological polar surface area (TPSA) is 75.9 Å². The van der Waals surface area contributed by atoms with Gasteiger partial charge in [-0.15, -0.1) is 5.10 Å². The number of tetrazole rings is 1. The lowest BCUT2D eigenvalue weighted by atomic mass is 10.0. The van der Waals surface area contributed by atoms with E-state index in [0.29, 0.717) is 24.5 Å². The number of likely N-dealkylation sites (tertiary alicyclic amines) is 1. The molecule has 2 aromatic rings. The van der Waals surface area contributed by atoms with Gasteiger partial charge in [-0.2, -0.15) is 0 Å². The Kier molecular flexibility index (Phi) is 5.70. The molecule has 3 rings (SSSR count). The van der Waals surface area contributed by atoms with Gasteiger partial charge in [0.1, 0.15) is 11.6 Å². The maximum absolute atomic E-state index is 14.2. The van der Waals surface area contributed by atoms with Crippen molar-refractivity contribution < 1.29 is 9.18 Å². The zero-order valence-electron chi connectivity index (χ0n) is 14.4. The first-order valence-electron chi connectivity index (χ1n) is 8.63. The third-order valence-corrected chi connectivity index (χ3v) is 4.60. The molecule has 8 heteroatoms. The summed E-state index contributed by atoms with van der Waals surface area (Å²) >= 11 is 0. The minimum absolute atomic E-state index is 0.0876. The van der Waals surface area contributed by atoms with Gasteiger partial charge in [0.25, 0.3) is 0 Å². The standard InChI is InChI=1S/C17H23FN6O/c1-13-20-21-22-24(13)11-8-17(25)19-12-16(23-9-4-5-10-23)14-6-2-3-7-15(14)18/h2-3,6-7,16H,4-5,8-12H2,1H3,(H,19,25)/t16-/m0/s1. The predicted molar refractivity (Wildman–Crippen MR) is 90.1 cm³/mol. The van der Waals surface area contributed by atoms with Crippen LogP contribution in [0.3, 0.4) is 0 Å². The van der Waals surface area contributed by atoms with Crippen LogP contribution in [0.15, 0.2) is 24.3 Å². The number of aromatic nitrogens is 4. The molecular weight excluding hydrogens is 323 g/mol. The van der Waals surface area contributed by atoms with Gasteiger partial charge in [0, 0.05) is 18.5 Å². The molecule has 0 saturated carbocycles.